The van der Waals surface area contributed by atoms with Crippen molar-refractivity contribution in [1.29, 1.82) is 0 Å². The number of benzene rings is 3. The quantitative estimate of drug-likeness (QED) is 0.620. The number of aliphatic hydroxyl groups excluding tert-OH is 2. The Hall–Kier alpha value is -2.27. The Morgan fingerprint density at radius 3 is 1.72 bits per heavy atom. The first-order valence-corrected chi connectivity index (χ1v) is 8.75. The topological polar surface area (TPSA) is 52.8 Å². The second-order valence-electron chi connectivity index (χ2n) is 5.53. The molecule has 0 aliphatic carbocycles. The van der Waals surface area contributed by atoms with E-state index in [0.29, 0.717) is 16.8 Å². The first-order valence-electron chi connectivity index (χ1n) is 7.96. The molecule has 3 nitrogen and oxygen atoms in total. The molecule has 0 heterocycles. The van der Waals surface area contributed by atoms with Gasteiger partial charge in [-0.15, -0.1) is 0 Å². The second-order valence-corrected chi connectivity index (χ2v) is 6.39. The smallest absolute Gasteiger partial charge is 0.0781 e. The first kappa shape index (κ1) is 17.5. The van der Waals surface area contributed by atoms with Crippen LogP contribution in [0.2, 0.25) is 0 Å². The highest BCUT2D eigenvalue weighted by Crippen LogP contribution is 2.31. The highest BCUT2D eigenvalue weighted by atomic mass is 79.9. The number of hydrogen-bond donors (Lipinski definition) is 2. The number of hydrogen-bond acceptors (Lipinski definition) is 3. The molecule has 0 radical (unpaired) electrons. The molecule has 0 saturated heterocycles. The van der Waals surface area contributed by atoms with Crippen molar-refractivity contribution in [3.63, 3.8) is 0 Å². The minimum absolute atomic E-state index is 0.161. The third-order valence-electron chi connectivity index (χ3n) is 3.99. The van der Waals surface area contributed by atoms with Crippen LogP contribution in [0.5, 0.6) is 0 Å². The third kappa shape index (κ3) is 3.87. The molecule has 126 valence electrons. The lowest BCUT2D eigenvalue weighted by Gasteiger charge is -2.13. The van der Waals surface area contributed by atoms with Gasteiger partial charge in [0.1, 0.15) is 0 Å². The summed E-state index contributed by atoms with van der Waals surface area (Å²) in [6.45, 7) is -0.350. The van der Waals surface area contributed by atoms with E-state index in [9.17, 15) is 10.2 Å². The lowest BCUT2D eigenvalue weighted by atomic mass is 10.0. The minimum atomic E-state index is -0.189. The molecular weight excluding hydrogens is 378 g/mol. The normalized spacial score (nSPS) is 10.5. The Kier molecular flexibility index (Phi) is 5.76. The molecule has 25 heavy (non-hydrogen) atoms. The summed E-state index contributed by atoms with van der Waals surface area (Å²) >= 11 is 3.42. The third-order valence-corrected chi connectivity index (χ3v) is 4.74. The fourth-order valence-electron chi connectivity index (χ4n) is 2.71. The van der Waals surface area contributed by atoms with E-state index in [1.807, 2.05) is 72.8 Å². The summed E-state index contributed by atoms with van der Waals surface area (Å²) in [6, 6.07) is 23.6. The van der Waals surface area contributed by atoms with Gasteiger partial charge in [-0.1, -0.05) is 76.6 Å². The maximum atomic E-state index is 9.81. The molecule has 0 spiro atoms. The monoisotopic (exact) mass is 395 g/mol. The Morgan fingerprint density at radius 2 is 1.24 bits per heavy atom. The molecule has 0 saturated carbocycles. The second kappa shape index (κ2) is 8.21. The van der Waals surface area contributed by atoms with Gasteiger partial charge in [0.05, 0.1) is 24.6 Å². The summed E-state index contributed by atoms with van der Waals surface area (Å²) in [5.41, 5.74) is 4.74. The molecule has 3 aromatic carbocycles. The molecule has 3 rings (SSSR count). The van der Waals surface area contributed by atoms with Gasteiger partial charge in [-0.3, -0.25) is 0 Å². The Labute approximate surface area is 155 Å². The minimum Gasteiger partial charge on any atom is -0.392 e. The van der Waals surface area contributed by atoms with Gasteiger partial charge in [0, 0.05) is 21.2 Å². The van der Waals surface area contributed by atoms with Crippen LogP contribution in [0.4, 0.5) is 5.69 Å². The van der Waals surface area contributed by atoms with Crippen LogP contribution in [0.15, 0.2) is 82.3 Å². The molecule has 0 bridgehead atoms. The van der Waals surface area contributed by atoms with Crippen molar-refractivity contribution in [2.75, 3.05) is 0 Å². The zero-order valence-corrected chi connectivity index (χ0v) is 15.1. The standard InChI is InChI=1S/C21H18BrNO2/c22-19-11-12-20(18(14-25)17(19)13-24)23-21(15-7-3-1-4-8-15)16-9-5-2-6-10-16/h1-12,24-25H,13-14H2. The number of nitrogens with zero attached hydrogens (tertiary/aromatic N) is 1. The summed E-state index contributed by atoms with van der Waals surface area (Å²) in [7, 11) is 0. The van der Waals surface area contributed by atoms with Crippen molar-refractivity contribution in [2.24, 2.45) is 4.99 Å². The number of aliphatic hydroxyl groups is 2. The van der Waals surface area contributed by atoms with Crippen molar-refractivity contribution in [3.8, 4) is 0 Å². The molecule has 0 unspecified atom stereocenters. The summed E-state index contributed by atoms with van der Waals surface area (Å²) in [4.78, 5) is 4.84. The first-order chi connectivity index (χ1) is 12.2. The fraction of sp³-hybridized carbons (Fsp3) is 0.0952. The van der Waals surface area contributed by atoms with Crippen LogP contribution in [0.25, 0.3) is 0 Å². The average molecular weight is 396 g/mol. The predicted molar refractivity (Wildman–Crippen MR) is 104 cm³/mol. The van der Waals surface area contributed by atoms with Crippen LogP contribution in [0.3, 0.4) is 0 Å². The Morgan fingerprint density at radius 1 is 0.720 bits per heavy atom. The lowest BCUT2D eigenvalue weighted by Crippen LogP contribution is -2.04. The van der Waals surface area contributed by atoms with E-state index >= 15 is 0 Å². The van der Waals surface area contributed by atoms with E-state index in [0.717, 1.165) is 21.3 Å². The molecule has 0 aliphatic heterocycles. The van der Waals surface area contributed by atoms with Crippen LogP contribution < -0.4 is 0 Å². The van der Waals surface area contributed by atoms with Gasteiger partial charge in [-0.25, -0.2) is 4.99 Å². The van der Waals surface area contributed by atoms with Crippen molar-refractivity contribution in [3.05, 3.63) is 99.5 Å². The fourth-order valence-corrected chi connectivity index (χ4v) is 3.21. The van der Waals surface area contributed by atoms with Crippen molar-refractivity contribution in [1.82, 2.24) is 0 Å². The van der Waals surface area contributed by atoms with Gasteiger partial charge >= 0.3 is 0 Å². The average Bonchev–Trinajstić information content (AvgIpc) is 2.68. The van der Waals surface area contributed by atoms with Crippen molar-refractivity contribution in [2.45, 2.75) is 13.2 Å². The van der Waals surface area contributed by atoms with Crippen molar-refractivity contribution >= 4 is 27.3 Å². The molecule has 4 heteroatoms. The Balaban J connectivity index is 2.21. The number of rotatable bonds is 5. The van der Waals surface area contributed by atoms with Crippen molar-refractivity contribution < 1.29 is 10.2 Å². The van der Waals surface area contributed by atoms with Crippen LogP contribution in [0.1, 0.15) is 22.3 Å². The van der Waals surface area contributed by atoms with E-state index in [1.165, 1.54) is 0 Å². The maximum Gasteiger partial charge on any atom is 0.0781 e. The summed E-state index contributed by atoms with van der Waals surface area (Å²) in [5, 5.41) is 19.4. The molecule has 0 amide bonds. The van der Waals surface area contributed by atoms with Crippen LogP contribution >= 0.6 is 15.9 Å². The number of halogens is 1. The van der Waals surface area contributed by atoms with E-state index in [4.69, 9.17) is 4.99 Å². The highest BCUT2D eigenvalue weighted by Gasteiger charge is 2.13. The predicted octanol–water partition coefficient (Wildman–Crippen LogP) is 4.60. The summed E-state index contributed by atoms with van der Waals surface area (Å²) < 4.78 is 0.763. The maximum absolute atomic E-state index is 9.81. The van der Waals surface area contributed by atoms with E-state index in [1.54, 1.807) is 0 Å². The molecule has 3 aromatic rings. The zero-order chi connectivity index (χ0) is 17.6. The molecule has 2 N–H and O–H groups in total. The molecular formula is C21H18BrNO2. The van der Waals surface area contributed by atoms with Crippen LogP contribution in [0, 0.1) is 0 Å². The van der Waals surface area contributed by atoms with Gasteiger partial charge in [-0.05, 0) is 17.7 Å². The number of aliphatic imine (C=N–C) groups is 1. The summed E-state index contributed by atoms with van der Waals surface area (Å²) in [5.74, 6) is 0. The molecule has 0 atom stereocenters. The summed E-state index contributed by atoms with van der Waals surface area (Å²) in [6.07, 6.45) is 0. The van der Waals surface area contributed by atoms with Gasteiger partial charge in [0.2, 0.25) is 0 Å². The van der Waals surface area contributed by atoms with Gasteiger partial charge in [0.15, 0.2) is 0 Å². The zero-order valence-electron chi connectivity index (χ0n) is 13.6. The van der Waals surface area contributed by atoms with Gasteiger partial charge in [0.25, 0.3) is 0 Å². The van der Waals surface area contributed by atoms with Crippen LogP contribution in [-0.4, -0.2) is 15.9 Å². The SMILES string of the molecule is OCc1c(Br)ccc(N=C(c2ccccc2)c2ccccc2)c1CO. The van der Waals surface area contributed by atoms with E-state index in [2.05, 4.69) is 15.9 Å². The van der Waals surface area contributed by atoms with Gasteiger partial charge in [-0.2, -0.15) is 0 Å². The molecule has 0 aliphatic rings. The molecule has 0 aromatic heterocycles. The van der Waals surface area contributed by atoms with E-state index < -0.39 is 0 Å². The lowest BCUT2D eigenvalue weighted by molar-refractivity contribution is 0.260. The largest absolute Gasteiger partial charge is 0.392 e. The highest BCUT2D eigenvalue weighted by molar-refractivity contribution is 9.10. The van der Waals surface area contributed by atoms with E-state index in [-0.39, 0.29) is 13.2 Å². The van der Waals surface area contributed by atoms with Gasteiger partial charge < -0.3 is 10.2 Å². The van der Waals surface area contributed by atoms with Crippen LogP contribution in [-0.2, 0) is 13.2 Å². The Bertz CT molecular complexity index is 836. The molecule has 0 fully saturated rings.